The number of rotatable bonds is 3. The Morgan fingerprint density at radius 1 is 1.53 bits per heavy atom. The van der Waals surface area contributed by atoms with Gasteiger partial charge >= 0.3 is 5.97 Å². The largest absolute Gasteiger partial charge is 0.469 e. The standard InChI is InChI=1S/C12H21NO4/c1-16-11(14)10-2-5-13(8-10)9-12(15)3-6-17-7-4-12/h10,15H,2-9H2,1H3. The van der Waals surface area contributed by atoms with Crippen molar-refractivity contribution in [1.82, 2.24) is 4.90 Å². The third-order valence-corrected chi connectivity index (χ3v) is 3.75. The lowest BCUT2D eigenvalue weighted by Gasteiger charge is -2.35. The summed E-state index contributed by atoms with van der Waals surface area (Å²) < 4.78 is 10.0. The molecule has 5 heteroatoms. The maximum atomic E-state index is 11.4. The third kappa shape index (κ3) is 3.18. The van der Waals surface area contributed by atoms with E-state index in [0.29, 0.717) is 39.1 Å². The van der Waals surface area contributed by atoms with Crippen molar-refractivity contribution >= 4 is 5.97 Å². The second kappa shape index (κ2) is 5.33. The molecule has 0 aliphatic carbocycles. The fourth-order valence-electron chi connectivity index (χ4n) is 2.66. The van der Waals surface area contributed by atoms with Gasteiger partial charge in [-0.25, -0.2) is 0 Å². The van der Waals surface area contributed by atoms with E-state index in [1.54, 1.807) is 0 Å². The normalized spacial score (nSPS) is 29.2. The number of aliphatic hydroxyl groups is 1. The molecule has 2 saturated heterocycles. The molecule has 2 fully saturated rings. The molecule has 2 aliphatic rings. The van der Waals surface area contributed by atoms with Crippen LogP contribution in [0.1, 0.15) is 19.3 Å². The van der Waals surface area contributed by atoms with Gasteiger partial charge in [0, 0.05) is 39.1 Å². The second-order valence-corrected chi connectivity index (χ2v) is 5.08. The smallest absolute Gasteiger partial charge is 0.310 e. The summed E-state index contributed by atoms with van der Waals surface area (Å²) in [6.07, 6.45) is 2.21. The molecule has 5 nitrogen and oxygen atoms in total. The minimum atomic E-state index is -0.636. The first-order valence-electron chi connectivity index (χ1n) is 6.23. The van der Waals surface area contributed by atoms with Crippen LogP contribution < -0.4 is 0 Å². The van der Waals surface area contributed by atoms with E-state index in [1.807, 2.05) is 0 Å². The highest BCUT2D eigenvalue weighted by Crippen LogP contribution is 2.25. The van der Waals surface area contributed by atoms with Gasteiger partial charge in [-0.05, 0) is 13.0 Å². The van der Waals surface area contributed by atoms with Crippen LogP contribution in [0, 0.1) is 5.92 Å². The van der Waals surface area contributed by atoms with Crippen LogP contribution in [0.25, 0.3) is 0 Å². The Kier molecular flexibility index (Phi) is 4.01. The van der Waals surface area contributed by atoms with Gasteiger partial charge in [0.25, 0.3) is 0 Å². The zero-order valence-corrected chi connectivity index (χ0v) is 10.4. The Bertz CT molecular complexity index is 276. The van der Waals surface area contributed by atoms with Crippen molar-refractivity contribution in [2.75, 3.05) is 40.0 Å². The zero-order chi connectivity index (χ0) is 12.3. The maximum absolute atomic E-state index is 11.4. The molecular weight excluding hydrogens is 222 g/mol. The van der Waals surface area contributed by atoms with Crippen LogP contribution in [0.2, 0.25) is 0 Å². The number of carbonyl (C=O) groups is 1. The third-order valence-electron chi connectivity index (χ3n) is 3.75. The predicted octanol–water partition coefficient (Wildman–Crippen LogP) is 0.0228. The lowest BCUT2D eigenvalue weighted by molar-refractivity contribution is -0.145. The molecule has 0 aromatic heterocycles. The van der Waals surface area contributed by atoms with Crippen LogP contribution in [0.4, 0.5) is 0 Å². The molecule has 0 spiro atoms. The number of ether oxygens (including phenoxy) is 2. The molecule has 0 aromatic carbocycles. The van der Waals surface area contributed by atoms with Crippen molar-refractivity contribution in [1.29, 1.82) is 0 Å². The van der Waals surface area contributed by atoms with Gasteiger partial charge in [-0.1, -0.05) is 0 Å². The molecule has 1 atom stereocenters. The Hall–Kier alpha value is -0.650. The van der Waals surface area contributed by atoms with Crippen LogP contribution in [0.15, 0.2) is 0 Å². The maximum Gasteiger partial charge on any atom is 0.310 e. The van der Waals surface area contributed by atoms with Crippen molar-refractivity contribution in [3.63, 3.8) is 0 Å². The second-order valence-electron chi connectivity index (χ2n) is 5.08. The van der Waals surface area contributed by atoms with Crippen LogP contribution in [-0.2, 0) is 14.3 Å². The van der Waals surface area contributed by atoms with E-state index in [0.717, 1.165) is 13.0 Å². The van der Waals surface area contributed by atoms with Crippen molar-refractivity contribution in [3.05, 3.63) is 0 Å². The average Bonchev–Trinajstić information content (AvgIpc) is 2.76. The summed E-state index contributed by atoms with van der Waals surface area (Å²) in [5, 5.41) is 10.4. The van der Waals surface area contributed by atoms with Gasteiger partial charge in [-0.2, -0.15) is 0 Å². The Morgan fingerprint density at radius 2 is 2.24 bits per heavy atom. The summed E-state index contributed by atoms with van der Waals surface area (Å²) >= 11 is 0. The topological polar surface area (TPSA) is 59.0 Å². The first-order valence-corrected chi connectivity index (χ1v) is 6.23. The molecule has 2 rings (SSSR count). The number of hydrogen-bond acceptors (Lipinski definition) is 5. The fourth-order valence-corrected chi connectivity index (χ4v) is 2.66. The molecule has 17 heavy (non-hydrogen) atoms. The number of likely N-dealkylation sites (tertiary alicyclic amines) is 1. The molecule has 2 heterocycles. The van der Waals surface area contributed by atoms with Gasteiger partial charge in [0.15, 0.2) is 0 Å². The number of nitrogens with zero attached hydrogens (tertiary/aromatic N) is 1. The van der Waals surface area contributed by atoms with Gasteiger partial charge < -0.3 is 14.6 Å². The van der Waals surface area contributed by atoms with Crippen molar-refractivity contribution in [3.8, 4) is 0 Å². The van der Waals surface area contributed by atoms with E-state index in [9.17, 15) is 9.90 Å². The van der Waals surface area contributed by atoms with Crippen LogP contribution >= 0.6 is 0 Å². The van der Waals surface area contributed by atoms with Crippen molar-refractivity contribution in [2.24, 2.45) is 5.92 Å². The average molecular weight is 243 g/mol. The molecule has 98 valence electrons. The monoisotopic (exact) mass is 243 g/mol. The Balaban J connectivity index is 1.82. The van der Waals surface area contributed by atoms with E-state index >= 15 is 0 Å². The van der Waals surface area contributed by atoms with Crippen LogP contribution in [0.5, 0.6) is 0 Å². The molecule has 0 bridgehead atoms. The summed E-state index contributed by atoms with van der Waals surface area (Å²) in [7, 11) is 1.43. The Labute approximate surface area is 102 Å². The highest BCUT2D eigenvalue weighted by molar-refractivity contribution is 5.72. The molecule has 0 amide bonds. The van der Waals surface area contributed by atoms with Gasteiger partial charge in [0.1, 0.15) is 0 Å². The highest BCUT2D eigenvalue weighted by atomic mass is 16.5. The zero-order valence-electron chi connectivity index (χ0n) is 10.4. The molecule has 1 unspecified atom stereocenters. The first kappa shape index (κ1) is 12.8. The van der Waals surface area contributed by atoms with Gasteiger partial charge in [0.2, 0.25) is 0 Å². The molecule has 0 radical (unpaired) electrons. The van der Waals surface area contributed by atoms with E-state index < -0.39 is 5.60 Å². The molecule has 0 aromatic rings. The van der Waals surface area contributed by atoms with Gasteiger partial charge in [-0.15, -0.1) is 0 Å². The lowest BCUT2D eigenvalue weighted by Crippen LogP contribution is -2.46. The van der Waals surface area contributed by atoms with E-state index in [4.69, 9.17) is 9.47 Å². The van der Waals surface area contributed by atoms with E-state index in [-0.39, 0.29) is 11.9 Å². The first-order chi connectivity index (χ1) is 8.13. The van der Waals surface area contributed by atoms with Crippen molar-refractivity contribution in [2.45, 2.75) is 24.9 Å². The van der Waals surface area contributed by atoms with E-state index in [1.165, 1.54) is 7.11 Å². The minimum Gasteiger partial charge on any atom is -0.469 e. The summed E-state index contributed by atoms with van der Waals surface area (Å²) in [4.78, 5) is 13.6. The van der Waals surface area contributed by atoms with Gasteiger partial charge in [0.05, 0.1) is 18.6 Å². The summed E-state index contributed by atoms with van der Waals surface area (Å²) in [5.41, 5.74) is -0.636. The SMILES string of the molecule is COC(=O)C1CCN(CC2(O)CCOCC2)C1. The number of carbonyl (C=O) groups excluding carboxylic acids is 1. The number of methoxy groups -OCH3 is 1. The number of hydrogen-bond donors (Lipinski definition) is 1. The summed E-state index contributed by atoms with van der Waals surface area (Å²) in [5.74, 6) is -0.157. The quantitative estimate of drug-likeness (QED) is 0.708. The summed E-state index contributed by atoms with van der Waals surface area (Å²) in [6, 6.07) is 0. The van der Waals surface area contributed by atoms with Crippen LogP contribution in [0.3, 0.4) is 0 Å². The Morgan fingerprint density at radius 3 is 2.88 bits per heavy atom. The molecule has 0 saturated carbocycles. The predicted molar refractivity (Wildman–Crippen MR) is 61.6 cm³/mol. The molecular formula is C12H21NO4. The fraction of sp³-hybridized carbons (Fsp3) is 0.917. The van der Waals surface area contributed by atoms with Crippen molar-refractivity contribution < 1.29 is 19.4 Å². The highest BCUT2D eigenvalue weighted by Gasteiger charge is 2.36. The van der Waals surface area contributed by atoms with E-state index in [2.05, 4.69) is 4.90 Å². The van der Waals surface area contributed by atoms with Gasteiger partial charge in [-0.3, -0.25) is 9.69 Å². The lowest BCUT2D eigenvalue weighted by atomic mass is 9.94. The number of esters is 1. The van der Waals surface area contributed by atoms with Crippen LogP contribution in [-0.4, -0.2) is 61.5 Å². The molecule has 1 N–H and O–H groups in total. The number of β-amino-alcohol motifs (C(OH)–C–C–N with tert-alkyl or cyclic N) is 1. The summed E-state index contributed by atoms with van der Waals surface area (Å²) in [6.45, 7) is 3.47. The minimum absolute atomic E-state index is 0.0246. The molecule has 2 aliphatic heterocycles.